The first-order valence-corrected chi connectivity index (χ1v) is 7.90. The number of hydrogen-bond acceptors (Lipinski definition) is 5. The number of likely N-dealkylation sites (tertiary alicyclic amines) is 1. The maximum atomic E-state index is 11.9. The number of carbonyl (C=O) groups is 1. The van der Waals surface area contributed by atoms with E-state index in [0.29, 0.717) is 12.5 Å². The average Bonchev–Trinajstić information content (AvgIpc) is 2.77. The van der Waals surface area contributed by atoms with Gasteiger partial charge in [-0.15, -0.1) is 0 Å². The fourth-order valence-corrected chi connectivity index (χ4v) is 3.15. The molecule has 6 heteroatoms. The molecule has 2 heterocycles. The van der Waals surface area contributed by atoms with E-state index in [1.165, 1.54) is 0 Å². The van der Waals surface area contributed by atoms with Crippen molar-refractivity contribution in [1.29, 1.82) is 0 Å². The number of nitrogens with zero attached hydrogens (tertiary/aromatic N) is 1. The predicted molar refractivity (Wildman–Crippen MR) is 80.9 cm³/mol. The monoisotopic (exact) mass is 299 g/mol. The van der Waals surface area contributed by atoms with Gasteiger partial charge in [0.15, 0.2) is 0 Å². The Morgan fingerprint density at radius 3 is 2.71 bits per heavy atom. The molecule has 2 aliphatic heterocycles. The molecule has 4 atom stereocenters. The van der Waals surface area contributed by atoms with Crippen molar-refractivity contribution < 1.29 is 14.6 Å². The van der Waals surface area contributed by atoms with Gasteiger partial charge >= 0.3 is 6.09 Å². The lowest BCUT2D eigenvalue weighted by molar-refractivity contribution is -0.0650. The summed E-state index contributed by atoms with van der Waals surface area (Å²) in [6.07, 6.45) is 1.06. The van der Waals surface area contributed by atoms with Gasteiger partial charge in [0, 0.05) is 25.7 Å². The zero-order valence-corrected chi connectivity index (χ0v) is 13.6. The topological polar surface area (TPSA) is 73.8 Å². The highest BCUT2D eigenvalue weighted by atomic mass is 16.6. The first kappa shape index (κ1) is 16.5. The van der Waals surface area contributed by atoms with E-state index in [-0.39, 0.29) is 18.2 Å². The second kappa shape index (κ2) is 6.50. The van der Waals surface area contributed by atoms with E-state index in [4.69, 9.17) is 4.74 Å². The minimum absolute atomic E-state index is 0.0280. The normalized spacial score (nSPS) is 34.7. The molecule has 21 heavy (non-hydrogen) atoms. The zero-order chi connectivity index (χ0) is 15.6. The summed E-state index contributed by atoms with van der Waals surface area (Å²) in [4.78, 5) is 14.1. The number of ether oxygens (including phenoxy) is 1. The summed E-state index contributed by atoms with van der Waals surface area (Å²) in [7, 11) is 0. The number of hydrogen-bond donors (Lipinski definition) is 3. The summed E-state index contributed by atoms with van der Waals surface area (Å²) in [5.41, 5.74) is -0.495. The summed E-state index contributed by atoms with van der Waals surface area (Å²) in [6, 6.07) is 0.0927. The Bertz CT molecular complexity index is 370. The first-order chi connectivity index (χ1) is 9.76. The third kappa shape index (κ3) is 4.56. The number of aliphatic hydroxyl groups excluding tert-OH is 1. The van der Waals surface area contributed by atoms with Crippen LogP contribution in [0.3, 0.4) is 0 Å². The molecule has 0 aromatic heterocycles. The maximum absolute atomic E-state index is 11.9. The number of rotatable bonds is 2. The molecule has 0 saturated carbocycles. The van der Waals surface area contributed by atoms with Gasteiger partial charge in [0.2, 0.25) is 0 Å². The largest absolute Gasteiger partial charge is 0.444 e. The maximum Gasteiger partial charge on any atom is 0.407 e. The van der Waals surface area contributed by atoms with Crippen LogP contribution in [0.1, 0.15) is 40.5 Å². The molecule has 2 aliphatic rings. The van der Waals surface area contributed by atoms with Crippen molar-refractivity contribution in [3.8, 4) is 0 Å². The van der Waals surface area contributed by atoms with Crippen LogP contribution < -0.4 is 10.6 Å². The van der Waals surface area contributed by atoms with Crippen molar-refractivity contribution in [2.45, 2.75) is 64.4 Å². The van der Waals surface area contributed by atoms with Crippen molar-refractivity contribution in [3.63, 3.8) is 0 Å². The van der Waals surface area contributed by atoms with Gasteiger partial charge in [0.25, 0.3) is 0 Å². The second-order valence-electron chi connectivity index (χ2n) is 7.34. The van der Waals surface area contributed by atoms with Crippen LogP contribution in [0.15, 0.2) is 0 Å². The Hall–Kier alpha value is -0.850. The minimum Gasteiger partial charge on any atom is -0.444 e. The van der Waals surface area contributed by atoms with Crippen LogP contribution in [0.5, 0.6) is 0 Å². The van der Waals surface area contributed by atoms with E-state index in [1.807, 2.05) is 20.8 Å². The lowest BCUT2D eigenvalue weighted by Gasteiger charge is -2.41. The van der Waals surface area contributed by atoms with E-state index in [1.54, 1.807) is 0 Å². The average molecular weight is 299 g/mol. The quantitative estimate of drug-likeness (QED) is 0.706. The highest BCUT2D eigenvalue weighted by molar-refractivity contribution is 5.68. The van der Waals surface area contributed by atoms with Gasteiger partial charge in [-0.2, -0.15) is 0 Å². The van der Waals surface area contributed by atoms with Gasteiger partial charge in [-0.1, -0.05) is 6.92 Å². The standard InChI is InChI=1S/C15H29N3O3/c1-10-5-6-13(19)18(9-10)12-8-16-7-11(12)17-14(20)21-15(2,3)4/h10-13,16,19H,5-9H2,1-4H3,(H,17,20). The fourth-order valence-electron chi connectivity index (χ4n) is 3.15. The van der Waals surface area contributed by atoms with Crippen molar-refractivity contribution in [2.75, 3.05) is 19.6 Å². The SMILES string of the molecule is CC1CCC(O)N(C2CNCC2NC(=O)OC(C)(C)C)C1. The number of aliphatic hydroxyl groups is 1. The second-order valence-corrected chi connectivity index (χ2v) is 7.34. The molecule has 0 aromatic rings. The van der Waals surface area contributed by atoms with Crippen LogP contribution in [-0.2, 0) is 4.74 Å². The molecule has 0 bridgehead atoms. The Labute approximate surface area is 127 Å². The highest BCUT2D eigenvalue weighted by Crippen LogP contribution is 2.24. The van der Waals surface area contributed by atoms with Crippen molar-refractivity contribution >= 4 is 6.09 Å². The molecule has 2 rings (SSSR count). The molecule has 3 N–H and O–H groups in total. The number of amides is 1. The molecule has 6 nitrogen and oxygen atoms in total. The highest BCUT2D eigenvalue weighted by Gasteiger charge is 2.38. The molecule has 2 fully saturated rings. The van der Waals surface area contributed by atoms with E-state index in [9.17, 15) is 9.90 Å². The molecular weight excluding hydrogens is 270 g/mol. The fraction of sp³-hybridized carbons (Fsp3) is 0.933. The van der Waals surface area contributed by atoms with E-state index in [0.717, 1.165) is 25.9 Å². The van der Waals surface area contributed by atoms with Gasteiger partial charge in [0.1, 0.15) is 11.8 Å². The Balaban J connectivity index is 1.95. The zero-order valence-electron chi connectivity index (χ0n) is 13.6. The van der Waals surface area contributed by atoms with Crippen LogP contribution >= 0.6 is 0 Å². The van der Waals surface area contributed by atoms with E-state index >= 15 is 0 Å². The first-order valence-electron chi connectivity index (χ1n) is 7.90. The van der Waals surface area contributed by atoms with Gasteiger partial charge < -0.3 is 20.5 Å². The van der Waals surface area contributed by atoms with Crippen molar-refractivity contribution in [1.82, 2.24) is 15.5 Å². The molecule has 0 aromatic carbocycles. The van der Waals surface area contributed by atoms with Crippen molar-refractivity contribution in [2.24, 2.45) is 5.92 Å². The van der Waals surface area contributed by atoms with Gasteiger partial charge in [-0.3, -0.25) is 4.90 Å². The lowest BCUT2D eigenvalue weighted by atomic mass is 9.96. The number of piperidine rings is 1. The summed E-state index contributed by atoms with van der Waals surface area (Å²) < 4.78 is 5.32. The van der Waals surface area contributed by atoms with Gasteiger partial charge in [0.05, 0.1) is 6.04 Å². The van der Waals surface area contributed by atoms with Crippen LogP contribution in [-0.4, -0.2) is 59.6 Å². The Morgan fingerprint density at radius 2 is 2.05 bits per heavy atom. The number of nitrogens with one attached hydrogen (secondary N) is 2. The van der Waals surface area contributed by atoms with Crippen LogP contribution in [0.25, 0.3) is 0 Å². The Morgan fingerprint density at radius 1 is 1.33 bits per heavy atom. The summed E-state index contributed by atoms with van der Waals surface area (Å²) in [6.45, 7) is 10.1. The lowest BCUT2D eigenvalue weighted by Crippen LogP contribution is -2.57. The minimum atomic E-state index is -0.495. The molecule has 4 unspecified atom stereocenters. The molecule has 2 saturated heterocycles. The van der Waals surface area contributed by atoms with Crippen molar-refractivity contribution in [3.05, 3.63) is 0 Å². The molecule has 0 radical (unpaired) electrons. The molecular formula is C15H29N3O3. The Kier molecular flexibility index (Phi) is 5.11. The van der Waals surface area contributed by atoms with E-state index in [2.05, 4.69) is 22.5 Å². The molecule has 0 spiro atoms. The third-order valence-corrected chi connectivity index (χ3v) is 4.13. The summed E-state index contributed by atoms with van der Waals surface area (Å²) >= 11 is 0. The summed E-state index contributed by atoms with van der Waals surface area (Å²) in [5.74, 6) is 0.580. The van der Waals surface area contributed by atoms with Crippen LogP contribution in [0.2, 0.25) is 0 Å². The number of alkyl carbamates (subject to hydrolysis) is 1. The predicted octanol–water partition coefficient (Wildman–Crippen LogP) is 0.902. The van der Waals surface area contributed by atoms with Gasteiger partial charge in [-0.25, -0.2) is 4.79 Å². The van der Waals surface area contributed by atoms with Gasteiger partial charge in [-0.05, 0) is 39.5 Å². The third-order valence-electron chi connectivity index (χ3n) is 4.13. The summed E-state index contributed by atoms with van der Waals surface area (Å²) in [5, 5.41) is 16.5. The smallest absolute Gasteiger partial charge is 0.407 e. The van der Waals surface area contributed by atoms with Crippen LogP contribution in [0, 0.1) is 5.92 Å². The number of carbonyl (C=O) groups excluding carboxylic acids is 1. The van der Waals surface area contributed by atoms with Crippen LogP contribution in [0.4, 0.5) is 4.79 Å². The molecule has 0 aliphatic carbocycles. The molecule has 122 valence electrons. The molecule has 1 amide bonds. The van der Waals surface area contributed by atoms with E-state index < -0.39 is 11.8 Å².